The first-order valence-electron chi connectivity index (χ1n) is 10.2. The topological polar surface area (TPSA) is 52.6 Å². The van der Waals surface area contributed by atoms with Gasteiger partial charge in [0.25, 0.3) is 0 Å². The molecule has 28 heavy (non-hydrogen) atoms. The molecule has 0 amide bonds. The maximum Gasteiger partial charge on any atom is 0.320 e. The van der Waals surface area contributed by atoms with Crippen LogP contribution in [0.1, 0.15) is 52.0 Å². The van der Waals surface area contributed by atoms with Crippen LogP contribution >= 0.6 is 11.8 Å². The number of hydrogen-bond donors (Lipinski definition) is 0. The van der Waals surface area contributed by atoms with Crippen LogP contribution < -0.4 is 4.74 Å². The van der Waals surface area contributed by atoms with Crippen molar-refractivity contribution in [2.75, 3.05) is 6.61 Å². The Morgan fingerprint density at radius 3 is 2.79 bits per heavy atom. The van der Waals surface area contributed by atoms with Crippen LogP contribution in [-0.2, 0) is 14.3 Å². The van der Waals surface area contributed by atoms with Crippen LogP contribution in [0.5, 0.6) is 5.75 Å². The van der Waals surface area contributed by atoms with E-state index in [0.717, 1.165) is 18.4 Å². The minimum Gasteiger partial charge on any atom is -0.465 e. The highest BCUT2D eigenvalue weighted by Crippen LogP contribution is 2.75. The second kappa shape index (κ2) is 5.88. The summed E-state index contributed by atoms with van der Waals surface area (Å²) in [6.45, 7) is 9.17. The Hall–Kier alpha value is -1.75. The standard InChI is InChI=1S/C23H26O4S/c1-5-26-21(25)18-17-15(12-8-6-7-9-14(12)27-20(17)24)16-13-10-11-23(4,19(16)28-18)22(13,2)3/h6-9,13,15,17-18H,5,10-11H2,1-4H3/t13-,15+,17+,18-,23+/m1/s1. The molecule has 1 fully saturated rings. The van der Waals surface area contributed by atoms with Crippen molar-refractivity contribution in [3.63, 3.8) is 0 Å². The molecule has 2 aliphatic carbocycles. The number of benzene rings is 1. The number of thioether (sulfide) groups is 1. The zero-order chi connectivity index (χ0) is 19.8. The number of fused-ring (bicyclic) bond motifs is 8. The van der Waals surface area contributed by atoms with E-state index in [1.807, 2.05) is 25.1 Å². The molecule has 1 saturated carbocycles. The van der Waals surface area contributed by atoms with Gasteiger partial charge in [0.15, 0.2) is 0 Å². The number of ether oxygens (including phenoxy) is 2. The largest absolute Gasteiger partial charge is 0.465 e. The predicted octanol–water partition coefficient (Wildman–Crippen LogP) is 4.69. The van der Waals surface area contributed by atoms with Crippen LogP contribution in [0.15, 0.2) is 34.7 Å². The lowest BCUT2D eigenvalue weighted by Gasteiger charge is -2.44. The van der Waals surface area contributed by atoms with Crippen LogP contribution in [0.25, 0.3) is 0 Å². The van der Waals surface area contributed by atoms with Crippen molar-refractivity contribution in [1.29, 1.82) is 0 Å². The van der Waals surface area contributed by atoms with Gasteiger partial charge in [-0.05, 0) is 47.6 Å². The van der Waals surface area contributed by atoms with Crippen molar-refractivity contribution in [2.24, 2.45) is 22.7 Å². The highest BCUT2D eigenvalue weighted by atomic mass is 32.2. The van der Waals surface area contributed by atoms with Crippen molar-refractivity contribution in [1.82, 2.24) is 0 Å². The number of carbonyl (C=O) groups is 2. The van der Waals surface area contributed by atoms with Crippen molar-refractivity contribution in [2.45, 2.75) is 51.7 Å². The lowest BCUT2D eigenvalue weighted by atomic mass is 9.68. The summed E-state index contributed by atoms with van der Waals surface area (Å²) >= 11 is 1.58. The number of esters is 2. The third kappa shape index (κ3) is 2.09. The molecule has 2 bridgehead atoms. The second-order valence-corrected chi connectivity index (χ2v) is 10.3. The number of carbonyl (C=O) groups excluding carboxylic acids is 2. The van der Waals surface area contributed by atoms with Gasteiger partial charge in [-0.2, -0.15) is 0 Å². The van der Waals surface area contributed by atoms with Crippen molar-refractivity contribution in [3.8, 4) is 5.75 Å². The predicted molar refractivity (Wildman–Crippen MR) is 108 cm³/mol. The summed E-state index contributed by atoms with van der Waals surface area (Å²) in [4.78, 5) is 27.3. The average molecular weight is 399 g/mol. The van der Waals surface area contributed by atoms with Gasteiger partial charge in [0.05, 0.1) is 12.5 Å². The summed E-state index contributed by atoms with van der Waals surface area (Å²) in [5, 5.41) is -0.545. The Morgan fingerprint density at radius 1 is 1.29 bits per heavy atom. The molecule has 4 nitrogen and oxygen atoms in total. The monoisotopic (exact) mass is 398 g/mol. The molecule has 148 valence electrons. The Balaban J connectivity index is 1.73. The maximum atomic E-state index is 13.1. The molecule has 0 aromatic heterocycles. The van der Waals surface area contributed by atoms with Gasteiger partial charge in [-0.1, -0.05) is 39.0 Å². The first-order valence-corrected chi connectivity index (χ1v) is 11.1. The summed E-state index contributed by atoms with van der Waals surface area (Å²) in [5.74, 6) is -0.123. The molecule has 4 aliphatic rings. The van der Waals surface area contributed by atoms with Gasteiger partial charge >= 0.3 is 11.9 Å². The normalized spacial score (nSPS) is 37.1. The number of allylic oxidation sites excluding steroid dienone is 2. The van der Waals surface area contributed by atoms with Crippen molar-refractivity contribution < 1.29 is 19.1 Å². The van der Waals surface area contributed by atoms with Gasteiger partial charge in [-0.3, -0.25) is 9.59 Å². The Morgan fingerprint density at radius 2 is 2.04 bits per heavy atom. The van der Waals surface area contributed by atoms with E-state index in [-0.39, 0.29) is 28.7 Å². The Labute approximate surface area is 170 Å². The minimum atomic E-state index is -0.545. The highest BCUT2D eigenvalue weighted by Gasteiger charge is 2.66. The van der Waals surface area contributed by atoms with Crippen LogP contribution in [-0.4, -0.2) is 23.8 Å². The summed E-state index contributed by atoms with van der Waals surface area (Å²) in [6.07, 6.45) is 2.28. The average Bonchev–Trinajstić information content (AvgIpc) is 2.99. The second-order valence-electron chi connectivity index (χ2n) is 9.18. The van der Waals surface area contributed by atoms with Crippen LogP contribution in [0.3, 0.4) is 0 Å². The maximum absolute atomic E-state index is 13.1. The fourth-order valence-corrected chi connectivity index (χ4v) is 7.96. The summed E-state index contributed by atoms with van der Waals surface area (Å²) in [7, 11) is 0. The van der Waals surface area contributed by atoms with E-state index >= 15 is 0 Å². The van der Waals surface area contributed by atoms with Crippen LogP contribution in [0.2, 0.25) is 0 Å². The van der Waals surface area contributed by atoms with E-state index in [0.29, 0.717) is 18.3 Å². The Bertz CT molecular complexity index is 917. The lowest BCUT2D eigenvalue weighted by molar-refractivity contribution is -0.150. The van der Waals surface area contributed by atoms with Gasteiger partial charge in [-0.25, -0.2) is 0 Å². The molecular formula is C23H26O4S. The van der Waals surface area contributed by atoms with Crippen molar-refractivity contribution in [3.05, 3.63) is 40.3 Å². The van der Waals surface area contributed by atoms with E-state index in [4.69, 9.17) is 9.47 Å². The molecule has 0 unspecified atom stereocenters. The van der Waals surface area contributed by atoms with Gasteiger partial charge < -0.3 is 9.47 Å². The molecule has 0 radical (unpaired) electrons. The van der Waals surface area contributed by atoms with E-state index in [1.54, 1.807) is 11.8 Å². The zero-order valence-corrected chi connectivity index (χ0v) is 17.6. The Kier molecular flexibility index (Phi) is 3.84. The van der Waals surface area contributed by atoms with E-state index < -0.39 is 11.2 Å². The third-order valence-corrected chi connectivity index (χ3v) is 9.55. The molecule has 0 spiro atoms. The number of para-hydroxylation sites is 1. The molecule has 1 aromatic rings. The number of hydrogen-bond acceptors (Lipinski definition) is 5. The molecule has 5 heteroatoms. The van der Waals surface area contributed by atoms with Crippen LogP contribution in [0, 0.1) is 22.7 Å². The molecule has 0 saturated heterocycles. The fourth-order valence-electron chi connectivity index (χ4n) is 6.10. The first-order chi connectivity index (χ1) is 13.3. The van der Waals surface area contributed by atoms with Crippen LogP contribution in [0.4, 0.5) is 0 Å². The molecule has 1 aromatic carbocycles. The zero-order valence-electron chi connectivity index (χ0n) is 16.8. The summed E-state index contributed by atoms with van der Waals surface area (Å²) < 4.78 is 11.1. The van der Waals surface area contributed by atoms with Gasteiger partial charge in [0.1, 0.15) is 11.0 Å². The highest BCUT2D eigenvalue weighted by molar-refractivity contribution is 8.04. The quantitative estimate of drug-likeness (QED) is 0.534. The van der Waals surface area contributed by atoms with Crippen molar-refractivity contribution >= 4 is 23.7 Å². The first kappa shape index (κ1) is 18.3. The third-order valence-electron chi connectivity index (χ3n) is 7.89. The minimum absolute atomic E-state index is 0.0453. The lowest BCUT2D eigenvalue weighted by Crippen LogP contribution is -2.46. The van der Waals surface area contributed by atoms with E-state index in [1.165, 1.54) is 10.5 Å². The molecule has 2 heterocycles. The summed E-state index contributed by atoms with van der Waals surface area (Å²) in [5.41, 5.74) is 2.60. The molecular weight excluding hydrogens is 372 g/mol. The SMILES string of the molecule is CCOC(=O)[C@@H]1SC2=C([C@@H]3c4ccccc4OC(=O)[C@@H]31)[C@H]1CC[C@]2(C)C1(C)C. The summed E-state index contributed by atoms with van der Waals surface area (Å²) in [6, 6.07) is 7.82. The molecule has 5 rings (SSSR count). The number of rotatable bonds is 2. The molecule has 2 aliphatic heterocycles. The molecule has 0 N–H and O–H groups in total. The van der Waals surface area contributed by atoms with Gasteiger partial charge in [0, 0.05) is 16.9 Å². The van der Waals surface area contributed by atoms with E-state index in [2.05, 4.69) is 26.8 Å². The molecule has 5 atom stereocenters. The van der Waals surface area contributed by atoms with Gasteiger partial charge in [0.2, 0.25) is 0 Å². The van der Waals surface area contributed by atoms with E-state index in [9.17, 15) is 9.59 Å². The van der Waals surface area contributed by atoms with Gasteiger partial charge in [-0.15, -0.1) is 11.8 Å². The smallest absolute Gasteiger partial charge is 0.320 e. The fraction of sp³-hybridized carbons (Fsp3) is 0.565.